The minimum atomic E-state index is -3.89. The molecule has 25 heavy (non-hydrogen) atoms. The first-order valence-electron chi connectivity index (χ1n) is 6.98. The molecule has 1 aliphatic heterocycles. The molecule has 1 saturated heterocycles. The van der Waals surface area contributed by atoms with Crippen LogP contribution in [0.1, 0.15) is 5.56 Å². The zero-order chi connectivity index (χ0) is 18.0. The molecule has 0 radical (unpaired) electrons. The lowest BCUT2D eigenvalue weighted by Gasteiger charge is -2.15. The van der Waals surface area contributed by atoms with Crippen LogP contribution in [0.4, 0.5) is 0 Å². The molecule has 9 heteroatoms. The Bertz CT molecular complexity index is 958. The van der Waals surface area contributed by atoms with Gasteiger partial charge in [0.2, 0.25) is 0 Å². The highest BCUT2D eigenvalue weighted by molar-refractivity contribution is 9.10. The van der Waals surface area contributed by atoms with Gasteiger partial charge in [0.05, 0.1) is 9.80 Å². The van der Waals surface area contributed by atoms with Gasteiger partial charge in [-0.15, -0.1) is 4.83 Å². The van der Waals surface area contributed by atoms with Gasteiger partial charge in [0.1, 0.15) is 0 Å². The molecule has 1 N–H and O–H groups in total. The van der Waals surface area contributed by atoms with Crippen molar-refractivity contribution in [1.29, 1.82) is 0 Å². The number of hydrazine groups is 1. The summed E-state index contributed by atoms with van der Waals surface area (Å²) in [5.41, 5.74) is 0.814. The zero-order valence-corrected chi connectivity index (χ0v) is 16.6. The molecule has 0 spiro atoms. The van der Waals surface area contributed by atoms with Gasteiger partial charge in [0.25, 0.3) is 15.9 Å². The van der Waals surface area contributed by atoms with Gasteiger partial charge in [-0.1, -0.05) is 70.2 Å². The number of rotatable bonds is 4. The van der Waals surface area contributed by atoms with Crippen LogP contribution >= 0.6 is 39.9 Å². The summed E-state index contributed by atoms with van der Waals surface area (Å²) >= 11 is 9.54. The normalized spacial score (nSPS) is 16.7. The van der Waals surface area contributed by atoms with Gasteiger partial charge in [0.15, 0.2) is 4.32 Å². The van der Waals surface area contributed by atoms with E-state index in [0.29, 0.717) is 4.91 Å². The standard InChI is InChI=1S/C16H11BrN2O3S3/c17-12-8-6-11(7-9-12)10-14-15(20)19(16(23)24-14)18-25(21,22)13-4-2-1-3-5-13/h1-10,18H/b14-10+. The summed E-state index contributed by atoms with van der Waals surface area (Å²) < 4.78 is 25.8. The van der Waals surface area contributed by atoms with Crippen molar-refractivity contribution >= 4 is 66.2 Å². The van der Waals surface area contributed by atoms with Crippen LogP contribution in [0.2, 0.25) is 0 Å². The van der Waals surface area contributed by atoms with E-state index in [1.807, 2.05) is 24.3 Å². The minimum absolute atomic E-state index is 0.0564. The molecule has 2 aromatic carbocycles. The fourth-order valence-corrected chi connectivity index (χ4v) is 4.62. The monoisotopic (exact) mass is 454 g/mol. The molecular weight excluding hydrogens is 444 g/mol. The Morgan fingerprint density at radius 1 is 1.08 bits per heavy atom. The van der Waals surface area contributed by atoms with Crippen LogP contribution in [-0.4, -0.2) is 23.7 Å². The number of carbonyl (C=O) groups is 1. The van der Waals surface area contributed by atoms with Crippen LogP contribution in [0.25, 0.3) is 6.08 Å². The molecule has 1 amide bonds. The van der Waals surface area contributed by atoms with E-state index in [0.717, 1.165) is 26.8 Å². The van der Waals surface area contributed by atoms with Gasteiger partial charge < -0.3 is 0 Å². The Morgan fingerprint density at radius 2 is 1.72 bits per heavy atom. The van der Waals surface area contributed by atoms with Crippen molar-refractivity contribution < 1.29 is 13.2 Å². The number of sulfonamides is 1. The van der Waals surface area contributed by atoms with Gasteiger partial charge in [-0.05, 0) is 35.9 Å². The second kappa shape index (κ2) is 7.38. The molecule has 0 bridgehead atoms. The van der Waals surface area contributed by atoms with Gasteiger partial charge in [0, 0.05) is 4.47 Å². The second-order valence-corrected chi connectivity index (χ2v) is 9.23. The number of amides is 1. The number of carbonyl (C=O) groups excluding carboxylic acids is 1. The van der Waals surface area contributed by atoms with E-state index in [2.05, 4.69) is 20.8 Å². The topological polar surface area (TPSA) is 66.5 Å². The number of thiocarbonyl (C=S) groups is 1. The third kappa shape index (κ3) is 4.18. The van der Waals surface area contributed by atoms with E-state index in [1.54, 1.807) is 24.3 Å². The first-order valence-corrected chi connectivity index (χ1v) is 10.5. The molecular formula is C16H11BrN2O3S3. The van der Waals surface area contributed by atoms with Crippen molar-refractivity contribution in [3.63, 3.8) is 0 Å². The lowest BCUT2D eigenvalue weighted by Crippen LogP contribution is -2.44. The van der Waals surface area contributed by atoms with Crippen LogP contribution < -0.4 is 4.83 Å². The molecule has 1 fully saturated rings. The lowest BCUT2D eigenvalue weighted by atomic mass is 10.2. The smallest absolute Gasteiger partial charge is 0.267 e. The summed E-state index contributed by atoms with van der Waals surface area (Å²) in [5.74, 6) is -0.502. The summed E-state index contributed by atoms with van der Waals surface area (Å²) in [6.07, 6.45) is 1.67. The number of nitrogens with zero attached hydrogens (tertiary/aromatic N) is 1. The van der Waals surface area contributed by atoms with Crippen LogP contribution in [0.15, 0.2) is 68.9 Å². The quantitative estimate of drug-likeness (QED) is 0.565. The van der Waals surface area contributed by atoms with Crippen molar-refractivity contribution in [3.8, 4) is 0 Å². The molecule has 5 nitrogen and oxygen atoms in total. The Labute approximate surface area is 163 Å². The van der Waals surface area contributed by atoms with Crippen LogP contribution in [0.5, 0.6) is 0 Å². The van der Waals surface area contributed by atoms with E-state index in [9.17, 15) is 13.2 Å². The van der Waals surface area contributed by atoms with Crippen molar-refractivity contribution in [2.24, 2.45) is 0 Å². The zero-order valence-electron chi connectivity index (χ0n) is 12.5. The van der Waals surface area contributed by atoms with E-state index in [-0.39, 0.29) is 9.22 Å². The average molecular weight is 455 g/mol. The summed E-state index contributed by atoms with van der Waals surface area (Å²) in [6.45, 7) is 0. The number of hydrogen-bond acceptors (Lipinski definition) is 5. The Morgan fingerprint density at radius 3 is 2.36 bits per heavy atom. The molecule has 3 rings (SSSR count). The van der Waals surface area contributed by atoms with E-state index >= 15 is 0 Å². The maximum Gasteiger partial charge on any atom is 0.281 e. The Balaban J connectivity index is 1.83. The maximum atomic E-state index is 12.5. The fraction of sp³-hybridized carbons (Fsp3) is 0. The highest BCUT2D eigenvalue weighted by Gasteiger charge is 2.35. The van der Waals surface area contributed by atoms with Crippen LogP contribution in [0.3, 0.4) is 0 Å². The number of nitrogens with one attached hydrogen (secondary N) is 1. The summed E-state index contributed by atoms with van der Waals surface area (Å²) in [4.78, 5) is 15.2. The minimum Gasteiger partial charge on any atom is -0.267 e. The molecule has 0 aliphatic carbocycles. The van der Waals surface area contributed by atoms with Crippen molar-refractivity contribution in [3.05, 3.63) is 69.5 Å². The maximum absolute atomic E-state index is 12.5. The summed E-state index contributed by atoms with van der Waals surface area (Å²) in [7, 11) is -3.89. The molecule has 2 aromatic rings. The predicted octanol–water partition coefficient (Wildman–Crippen LogP) is 3.54. The average Bonchev–Trinajstić information content (AvgIpc) is 2.85. The molecule has 0 unspecified atom stereocenters. The SMILES string of the molecule is O=C1/C(=C\c2ccc(Br)cc2)SC(=S)N1NS(=O)(=O)c1ccccc1. The fourth-order valence-electron chi connectivity index (χ4n) is 2.03. The summed E-state index contributed by atoms with van der Waals surface area (Å²) in [5, 5.41) is 0.882. The highest BCUT2D eigenvalue weighted by atomic mass is 79.9. The Hall–Kier alpha value is -1.52. The first-order chi connectivity index (χ1) is 11.9. The third-order valence-corrected chi connectivity index (χ3v) is 6.37. The molecule has 0 aromatic heterocycles. The molecule has 0 saturated carbocycles. The second-order valence-electron chi connectivity index (χ2n) is 4.98. The summed E-state index contributed by atoms with van der Waals surface area (Å²) in [6, 6.07) is 15.2. The van der Waals surface area contributed by atoms with Crippen molar-refractivity contribution in [1.82, 2.24) is 9.84 Å². The molecule has 1 heterocycles. The largest absolute Gasteiger partial charge is 0.281 e. The molecule has 128 valence electrons. The van der Waals surface area contributed by atoms with E-state index < -0.39 is 15.9 Å². The van der Waals surface area contributed by atoms with Crippen molar-refractivity contribution in [2.45, 2.75) is 4.90 Å². The number of thioether (sulfide) groups is 1. The predicted molar refractivity (Wildman–Crippen MR) is 106 cm³/mol. The van der Waals surface area contributed by atoms with Gasteiger partial charge in [-0.2, -0.15) is 0 Å². The van der Waals surface area contributed by atoms with Gasteiger partial charge >= 0.3 is 0 Å². The van der Waals surface area contributed by atoms with Crippen LogP contribution in [0, 0.1) is 0 Å². The van der Waals surface area contributed by atoms with E-state index in [1.165, 1.54) is 12.1 Å². The van der Waals surface area contributed by atoms with Crippen LogP contribution in [-0.2, 0) is 14.8 Å². The Kier molecular flexibility index (Phi) is 5.40. The highest BCUT2D eigenvalue weighted by Crippen LogP contribution is 2.32. The first kappa shape index (κ1) is 18.3. The number of hydrogen-bond donors (Lipinski definition) is 1. The lowest BCUT2D eigenvalue weighted by molar-refractivity contribution is -0.123. The number of halogens is 1. The van der Waals surface area contributed by atoms with E-state index in [4.69, 9.17) is 12.2 Å². The van der Waals surface area contributed by atoms with Crippen molar-refractivity contribution in [2.75, 3.05) is 0 Å². The van der Waals surface area contributed by atoms with Gasteiger partial charge in [-0.3, -0.25) is 4.79 Å². The third-order valence-electron chi connectivity index (χ3n) is 3.23. The molecule has 1 aliphatic rings. The number of benzene rings is 2. The molecule has 0 atom stereocenters. The van der Waals surface area contributed by atoms with Gasteiger partial charge in [-0.25, -0.2) is 13.4 Å².